The molecular weight excluding hydrogens is 198 g/mol. The van der Waals surface area contributed by atoms with E-state index >= 15 is 0 Å². The van der Waals surface area contributed by atoms with Crippen LogP contribution in [0, 0.1) is 6.92 Å². The quantitative estimate of drug-likeness (QED) is 0.836. The van der Waals surface area contributed by atoms with Crippen molar-refractivity contribution >= 4 is 5.69 Å². The molecule has 0 bridgehead atoms. The third-order valence-corrected chi connectivity index (χ3v) is 2.43. The molecule has 0 aliphatic heterocycles. The van der Waals surface area contributed by atoms with Crippen molar-refractivity contribution < 1.29 is 4.74 Å². The highest BCUT2D eigenvalue weighted by atomic mass is 16.5. The van der Waals surface area contributed by atoms with E-state index in [4.69, 9.17) is 4.74 Å². The van der Waals surface area contributed by atoms with Crippen LogP contribution in [-0.4, -0.2) is 7.05 Å². The summed E-state index contributed by atoms with van der Waals surface area (Å²) in [7, 11) is 1.91. The number of hydrogen-bond acceptors (Lipinski definition) is 2. The zero-order valence-corrected chi connectivity index (χ0v) is 9.53. The molecule has 2 aromatic carbocycles. The van der Waals surface area contributed by atoms with E-state index < -0.39 is 0 Å². The predicted molar refractivity (Wildman–Crippen MR) is 67.2 cm³/mol. The molecule has 2 rings (SSSR count). The number of ether oxygens (including phenoxy) is 1. The first-order valence-corrected chi connectivity index (χ1v) is 5.31. The monoisotopic (exact) mass is 213 g/mol. The van der Waals surface area contributed by atoms with Crippen molar-refractivity contribution in [2.24, 2.45) is 0 Å². The van der Waals surface area contributed by atoms with E-state index in [0.717, 1.165) is 22.7 Å². The predicted octanol–water partition coefficient (Wildman–Crippen LogP) is 3.83. The van der Waals surface area contributed by atoms with Crippen LogP contribution in [0.2, 0.25) is 0 Å². The molecule has 1 N–H and O–H groups in total. The van der Waals surface area contributed by atoms with Crippen LogP contribution in [-0.2, 0) is 0 Å². The van der Waals surface area contributed by atoms with E-state index in [1.807, 2.05) is 56.4 Å². The average Bonchev–Trinajstić information content (AvgIpc) is 2.33. The molecule has 0 fully saturated rings. The lowest BCUT2D eigenvalue weighted by molar-refractivity contribution is 0.479. The van der Waals surface area contributed by atoms with Crippen LogP contribution in [0.1, 0.15) is 5.56 Å². The normalized spacial score (nSPS) is 9.88. The molecule has 82 valence electrons. The smallest absolute Gasteiger partial charge is 0.130 e. The van der Waals surface area contributed by atoms with Gasteiger partial charge in [0.15, 0.2) is 0 Å². The molecule has 0 heterocycles. The molecule has 0 radical (unpaired) electrons. The number of hydrogen-bond donors (Lipinski definition) is 1. The van der Waals surface area contributed by atoms with Crippen LogP contribution in [0.4, 0.5) is 5.69 Å². The zero-order chi connectivity index (χ0) is 11.4. The maximum absolute atomic E-state index is 5.78. The Morgan fingerprint density at radius 3 is 2.38 bits per heavy atom. The Balaban J connectivity index is 2.22. The van der Waals surface area contributed by atoms with Gasteiger partial charge < -0.3 is 10.1 Å². The van der Waals surface area contributed by atoms with E-state index in [1.54, 1.807) is 0 Å². The molecule has 0 spiro atoms. The lowest BCUT2D eigenvalue weighted by atomic mass is 10.2. The summed E-state index contributed by atoms with van der Waals surface area (Å²) < 4.78 is 5.78. The Kier molecular flexibility index (Phi) is 3.10. The lowest BCUT2D eigenvalue weighted by Crippen LogP contribution is -1.91. The summed E-state index contributed by atoms with van der Waals surface area (Å²) in [5.74, 6) is 1.76. The first-order chi connectivity index (χ1) is 7.79. The van der Waals surface area contributed by atoms with Crippen molar-refractivity contribution in [3.8, 4) is 11.5 Å². The highest BCUT2D eigenvalue weighted by molar-refractivity contribution is 5.51. The van der Waals surface area contributed by atoms with Gasteiger partial charge >= 0.3 is 0 Å². The van der Waals surface area contributed by atoms with Gasteiger partial charge in [0.25, 0.3) is 0 Å². The Hall–Kier alpha value is -1.96. The maximum atomic E-state index is 5.78. The molecule has 0 aliphatic carbocycles. The summed E-state index contributed by atoms with van der Waals surface area (Å²) in [6.07, 6.45) is 0. The van der Waals surface area contributed by atoms with Gasteiger partial charge in [-0.3, -0.25) is 0 Å². The summed E-state index contributed by atoms with van der Waals surface area (Å²) in [5.41, 5.74) is 2.22. The molecule has 0 unspecified atom stereocenters. The van der Waals surface area contributed by atoms with Gasteiger partial charge in [-0.05, 0) is 42.8 Å². The van der Waals surface area contributed by atoms with Crippen LogP contribution in [0.15, 0.2) is 48.5 Å². The van der Waals surface area contributed by atoms with Gasteiger partial charge in [-0.2, -0.15) is 0 Å². The van der Waals surface area contributed by atoms with Crippen LogP contribution in [0.3, 0.4) is 0 Å². The highest BCUT2D eigenvalue weighted by Gasteiger charge is 2.01. The van der Waals surface area contributed by atoms with E-state index in [9.17, 15) is 0 Å². The number of anilines is 1. The first-order valence-electron chi connectivity index (χ1n) is 5.31. The molecule has 0 atom stereocenters. The summed E-state index contributed by atoms with van der Waals surface area (Å²) >= 11 is 0. The minimum Gasteiger partial charge on any atom is -0.457 e. The molecule has 16 heavy (non-hydrogen) atoms. The number of benzene rings is 2. The van der Waals surface area contributed by atoms with E-state index in [2.05, 4.69) is 11.4 Å². The average molecular weight is 213 g/mol. The third-order valence-electron chi connectivity index (χ3n) is 2.43. The highest BCUT2D eigenvalue weighted by Crippen LogP contribution is 2.26. The van der Waals surface area contributed by atoms with Crippen molar-refractivity contribution in [3.63, 3.8) is 0 Å². The Bertz CT molecular complexity index is 465. The Morgan fingerprint density at radius 2 is 1.75 bits per heavy atom. The van der Waals surface area contributed by atoms with E-state index in [1.165, 1.54) is 0 Å². The van der Waals surface area contributed by atoms with E-state index in [0.29, 0.717) is 0 Å². The van der Waals surface area contributed by atoms with Crippen molar-refractivity contribution in [1.29, 1.82) is 0 Å². The van der Waals surface area contributed by atoms with Crippen molar-refractivity contribution in [3.05, 3.63) is 54.1 Å². The van der Waals surface area contributed by atoms with Crippen molar-refractivity contribution in [2.45, 2.75) is 6.92 Å². The molecule has 2 nitrogen and oxygen atoms in total. The SMILES string of the molecule is CNc1ccc(Oc2ccccc2)c(C)c1. The zero-order valence-electron chi connectivity index (χ0n) is 9.53. The fourth-order valence-electron chi connectivity index (χ4n) is 1.53. The van der Waals surface area contributed by atoms with Gasteiger partial charge in [0.05, 0.1) is 0 Å². The standard InChI is InChI=1S/C14H15NO/c1-11-10-12(15-2)8-9-14(11)16-13-6-4-3-5-7-13/h3-10,15H,1-2H3. The van der Waals surface area contributed by atoms with Gasteiger partial charge in [0, 0.05) is 12.7 Å². The number of rotatable bonds is 3. The van der Waals surface area contributed by atoms with Crippen LogP contribution < -0.4 is 10.1 Å². The fraction of sp³-hybridized carbons (Fsp3) is 0.143. The minimum atomic E-state index is 0.864. The molecule has 0 aliphatic rings. The van der Waals surface area contributed by atoms with Gasteiger partial charge in [0.2, 0.25) is 0 Å². The maximum Gasteiger partial charge on any atom is 0.130 e. The van der Waals surface area contributed by atoms with Crippen molar-refractivity contribution in [2.75, 3.05) is 12.4 Å². The van der Waals surface area contributed by atoms with Crippen molar-refractivity contribution in [1.82, 2.24) is 0 Å². The number of aryl methyl sites for hydroxylation is 1. The number of nitrogens with one attached hydrogen (secondary N) is 1. The molecular formula is C14H15NO. The van der Waals surface area contributed by atoms with Crippen LogP contribution in [0.25, 0.3) is 0 Å². The fourth-order valence-corrected chi connectivity index (χ4v) is 1.53. The Labute approximate surface area is 95.9 Å². The second-order valence-corrected chi connectivity index (χ2v) is 3.65. The Morgan fingerprint density at radius 1 is 1.00 bits per heavy atom. The molecule has 2 heteroatoms. The molecule has 0 amide bonds. The van der Waals surface area contributed by atoms with Gasteiger partial charge in [-0.1, -0.05) is 18.2 Å². The molecule has 0 saturated carbocycles. The second kappa shape index (κ2) is 4.71. The number of para-hydroxylation sites is 1. The summed E-state index contributed by atoms with van der Waals surface area (Å²) in [4.78, 5) is 0. The molecule has 2 aromatic rings. The first kappa shape index (κ1) is 10.6. The van der Waals surface area contributed by atoms with Crippen LogP contribution >= 0.6 is 0 Å². The molecule has 0 aromatic heterocycles. The minimum absolute atomic E-state index is 0.864. The largest absolute Gasteiger partial charge is 0.457 e. The van der Waals surface area contributed by atoms with Crippen LogP contribution in [0.5, 0.6) is 11.5 Å². The molecule has 0 saturated heterocycles. The summed E-state index contributed by atoms with van der Waals surface area (Å²) in [6, 6.07) is 15.9. The third kappa shape index (κ3) is 2.34. The van der Waals surface area contributed by atoms with Gasteiger partial charge in [-0.15, -0.1) is 0 Å². The lowest BCUT2D eigenvalue weighted by Gasteiger charge is -2.10. The van der Waals surface area contributed by atoms with Gasteiger partial charge in [-0.25, -0.2) is 0 Å². The summed E-state index contributed by atoms with van der Waals surface area (Å²) in [5, 5.41) is 3.10. The van der Waals surface area contributed by atoms with Gasteiger partial charge in [0.1, 0.15) is 11.5 Å². The second-order valence-electron chi connectivity index (χ2n) is 3.65. The van der Waals surface area contributed by atoms with E-state index in [-0.39, 0.29) is 0 Å². The summed E-state index contributed by atoms with van der Waals surface area (Å²) in [6.45, 7) is 2.04. The topological polar surface area (TPSA) is 21.3 Å².